The molecule has 1 aliphatic rings. The average Bonchev–Trinajstić information content (AvgIpc) is 3.02. The zero-order valence-corrected chi connectivity index (χ0v) is 14.7. The summed E-state index contributed by atoms with van der Waals surface area (Å²) < 4.78 is 1.12. The Balaban J connectivity index is 1.78. The fourth-order valence-electron chi connectivity index (χ4n) is 2.93. The highest BCUT2D eigenvalue weighted by molar-refractivity contribution is 9.10. The van der Waals surface area contributed by atoms with Gasteiger partial charge in [0.05, 0.1) is 5.69 Å². The molecule has 0 atom stereocenters. The molecule has 2 nitrogen and oxygen atoms in total. The minimum Gasteiger partial charge on any atom is -0.371 e. The molecule has 2 aromatic carbocycles. The van der Waals surface area contributed by atoms with Crippen molar-refractivity contribution in [1.82, 2.24) is 0 Å². The molecular formula is C19H21BrN2. The Morgan fingerprint density at radius 3 is 2.45 bits per heavy atom. The Morgan fingerprint density at radius 2 is 1.77 bits per heavy atom. The van der Waals surface area contributed by atoms with E-state index >= 15 is 0 Å². The van der Waals surface area contributed by atoms with Crippen LogP contribution in [0.2, 0.25) is 0 Å². The van der Waals surface area contributed by atoms with Crippen LogP contribution in [0.5, 0.6) is 0 Å². The molecule has 1 saturated heterocycles. The van der Waals surface area contributed by atoms with Crippen molar-refractivity contribution in [3.05, 3.63) is 57.6 Å². The van der Waals surface area contributed by atoms with Gasteiger partial charge in [0, 0.05) is 29.5 Å². The summed E-state index contributed by atoms with van der Waals surface area (Å²) in [6.07, 6.45) is 4.57. The lowest BCUT2D eigenvalue weighted by Crippen LogP contribution is -2.18. The smallest absolute Gasteiger partial charge is 0.0633 e. The van der Waals surface area contributed by atoms with Gasteiger partial charge in [-0.25, -0.2) is 0 Å². The van der Waals surface area contributed by atoms with E-state index < -0.39 is 0 Å². The molecule has 114 valence electrons. The Kier molecular flexibility index (Phi) is 4.63. The van der Waals surface area contributed by atoms with Gasteiger partial charge in [0.1, 0.15) is 0 Å². The van der Waals surface area contributed by atoms with E-state index in [-0.39, 0.29) is 0 Å². The van der Waals surface area contributed by atoms with Crippen LogP contribution in [0.1, 0.15) is 29.5 Å². The molecule has 0 radical (unpaired) electrons. The minimum absolute atomic E-state index is 0.988. The fourth-order valence-corrected chi connectivity index (χ4v) is 3.18. The summed E-state index contributed by atoms with van der Waals surface area (Å²) in [7, 11) is 0. The van der Waals surface area contributed by atoms with Crippen molar-refractivity contribution in [2.24, 2.45) is 4.99 Å². The van der Waals surface area contributed by atoms with Gasteiger partial charge in [0.15, 0.2) is 0 Å². The van der Waals surface area contributed by atoms with E-state index in [1.807, 2.05) is 18.3 Å². The van der Waals surface area contributed by atoms with Crippen LogP contribution in [0.15, 0.2) is 45.9 Å². The van der Waals surface area contributed by atoms with E-state index in [0.717, 1.165) is 15.7 Å². The van der Waals surface area contributed by atoms with Crippen molar-refractivity contribution in [1.29, 1.82) is 0 Å². The van der Waals surface area contributed by atoms with E-state index in [2.05, 4.69) is 63.9 Å². The third kappa shape index (κ3) is 3.41. The molecule has 3 rings (SSSR count). The molecule has 0 aliphatic carbocycles. The Labute approximate surface area is 141 Å². The number of anilines is 1. The van der Waals surface area contributed by atoms with Gasteiger partial charge in [-0.15, -0.1) is 0 Å². The topological polar surface area (TPSA) is 15.6 Å². The van der Waals surface area contributed by atoms with Gasteiger partial charge >= 0.3 is 0 Å². The second-order valence-corrected chi connectivity index (χ2v) is 6.79. The second kappa shape index (κ2) is 6.66. The standard InChI is InChI=1S/C19H21BrN2/c1-14-12-17(6-7-18(14)20)21-13-16-5-8-19(15(2)11-16)22-9-3-4-10-22/h5-8,11-13H,3-4,9-10H2,1-2H3. The molecule has 0 saturated carbocycles. The maximum Gasteiger partial charge on any atom is 0.0633 e. The normalized spacial score (nSPS) is 15.0. The summed E-state index contributed by atoms with van der Waals surface area (Å²) in [6.45, 7) is 6.64. The summed E-state index contributed by atoms with van der Waals surface area (Å²) in [6, 6.07) is 12.8. The Hall–Kier alpha value is -1.61. The molecule has 22 heavy (non-hydrogen) atoms. The van der Waals surface area contributed by atoms with Gasteiger partial charge in [-0.2, -0.15) is 0 Å². The van der Waals surface area contributed by atoms with Crippen molar-refractivity contribution in [3.63, 3.8) is 0 Å². The third-order valence-electron chi connectivity index (χ3n) is 4.17. The van der Waals surface area contributed by atoms with E-state index in [4.69, 9.17) is 0 Å². The van der Waals surface area contributed by atoms with Crippen LogP contribution in [0.25, 0.3) is 0 Å². The number of aliphatic imine (C=N–C) groups is 1. The van der Waals surface area contributed by atoms with Gasteiger partial charge in [-0.1, -0.05) is 22.0 Å². The first-order valence-corrected chi connectivity index (χ1v) is 8.58. The molecule has 1 fully saturated rings. The average molecular weight is 357 g/mol. The molecule has 0 spiro atoms. The lowest BCUT2D eigenvalue weighted by Gasteiger charge is -2.20. The van der Waals surface area contributed by atoms with Crippen LogP contribution in [-0.4, -0.2) is 19.3 Å². The molecule has 0 amide bonds. The first kappa shape index (κ1) is 15.3. The predicted octanol–water partition coefficient (Wildman–Crippen LogP) is 5.42. The second-order valence-electron chi connectivity index (χ2n) is 5.93. The van der Waals surface area contributed by atoms with E-state index in [9.17, 15) is 0 Å². The number of nitrogens with zero attached hydrogens (tertiary/aromatic N) is 2. The summed E-state index contributed by atoms with van der Waals surface area (Å²) in [4.78, 5) is 7.07. The lowest BCUT2D eigenvalue weighted by molar-refractivity contribution is 0.949. The van der Waals surface area contributed by atoms with Crippen molar-refractivity contribution in [2.75, 3.05) is 18.0 Å². The molecule has 3 heteroatoms. The highest BCUT2D eigenvalue weighted by Gasteiger charge is 2.13. The highest BCUT2D eigenvalue weighted by Crippen LogP contribution is 2.25. The maximum atomic E-state index is 4.59. The molecule has 2 aromatic rings. The van der Waals surface area contributed by atoms with Gasteiger partial charge in [0.25, 0.3) is 0 Å². The predicted molar refractivity (Wildman–Crippen MR) is 98.8 cm³/mol. The minimum atomic E-state index is 0.988. The SMILES string of the molecule is Cc1cc(N=Cc2ccc(N3CCCC3)c(C)c2)ccc1Br. The molecular weight excluding hydrogens is 336 g/mol. The van der Waals surface area contributed by atoms with Crippen molar-refractivity contribution >= 4 is 33.5 Å². The Morgan fingerprint density at radius 1 is 1.00 bits per heavy atom. The molecule has 0 unspecified atom stereocenters. The van der Waals surface area contributed by atoms with Crippen molar-refractivity contribution < 1.29 is 0 Å². The third-order valence-corrected chi connectivity index (χ3v) is 5.06. The molecule has 1 aliphatic heterocycles. The maximum absolute atomic E-state index is 4.59. The summed E-state index contributed by atoms with van der Waals surface area (Å²) in [5.41, 5.74) is 6.05. The number of benzene rings is 2. The lowest BCUT2D eigenvalue weighted by atomic mass is 10.1. The number of rotatable bonds is 3. The number of hydrogen-bond donors (Lipinski definition) is 0. The first-order chi connectivity index (χ1) is 10.6. The number of hydrogen-bond acceptors (Lipinski definition) is 2. The molecule has 1 heterocycles. The zero-order chi connectivity index (χ0) is 15.5. The summed E-state index contributed by atoms with van der Waals surface area (Å²) >= 11 is 3.52. The largest absolute Gasteiger partial charge is 0.371 e. The Bertz CT molecular complexity index is 701. The van der Waals surface area contributed by atoms with Crippen LogP contribution in [0.3, 0.4) is 0 Å². The van der Waals surface area contributed by atoms with Crippen LogP contribution in [0, 0.1) is 13.8 Å². The molecule has 0 N–H and O–H groups in total. The quantitative estimate of drug-likeness (QED) is 0.670. The van der Waals surface area contributed by atoms with Crippen LogP contribution >= 0.6 is 15.9 Å². The highest BCUT2D eigenvalue weighted by atomic mass is 79.9. The summed E-state index contributed by atoms with van der Waals surface area (Å²) in [5, 5.41) is 0. The van der Waals surface area contributed by atoms with E-state index in [1.54, 1.807) is 0 Å². The zero-order valence-electron chi connectivity index (χ0n) is 13.1. The number of aryl methyl sites for hydroxylation is 2. The molecule has 0 aromatic heterocycles. The van der Waals surface area contributed by atoms with E-state index in [0.29, 0.717) is 0 Å². The van der Waals surface area contributed by atoms with Gasteiger partial charge in [-0.05, 0) is 73.7 Å². The van der Waals surface area contributed by atoms with Gasteiger partial charge < -0.3 is 4.90 Å². The van der Waals surface area contributed by atoms with Crippen molar-refractivity contribution in [3.8, 4) is 0 Å². The monoisotopic (exact) mass is 356 g/mol. The van der Waals surface area contributed by atoms with Gasteiger partial charge in [-0.3, -0.25) is 4.99 Å². The van der Waals surface area contributed by atoms with E-state index in [1.165, 1.54) is 42.7 Å². The van der Waals surface area contributed by atoms with Crippen molar-refractivity contribution in [2.45, 2.75) is 26.7 Å². The van der Waals surface area contributed by atoms with Crippen LogP contribution in [0.4, 0.5) is 11.4 Å². The van der Waals surface area contributed by atoms with Crippen LogP contribution in [-0.2, 0) is 0 Å². The molecule has 0 bridgehead atoms. The van der Waals surface area contributed by atoms with Crippen LogP contribution < -0.4 is 4.90 Å². The number of halogens is 1. The fraction of sp³-hybridized carbons (Fsp3) is 0.316. The van der Waals surface area contributed by atoms with Gasteiger partial charge in [0.2, 0.25) is 0 Å². The first-order valence-electron chi connectivity index (χ1n) is 7.79. The summed E-state index contributed by atoms with van der Waals surface area (Å²) in [5.74, 6) is 0.